The van der Waals surface area contributed by atoms with E-state index in [1.54, 1.807) is 26.0 Å². The lowest BCUT2D eigenvalue weighted by molar-refractivity contribution is -0.137. The molecule has 2 rings (SSSR count). The van der Waals surface area contributed by atoms with Crippen molar-refractivity contribution in [2.75, 3.05) is 11.9 Å². The Balaban J connectivity index is 2.31. The Morgan fingerprint density at radius 3 is 2.38 bits per heavy atom. The van der Waals surface area contributed by atoms with Gasteiger partial charge in [0.1, 0.15) is 17.1 Å². The number of furan rings is 1. The van der Waals surface area contributed by atoms with Gasteiger partial charge in [-0.3, -0.25) is 0 Å². The van der Waals surface area contributed by atoms with Gasteiger partial charge in [0, 0.05) is 17.8 Å². The summed E-state index contributed by atoms with van der Waals surface area (Å²) in [6, 6.07) is 6.52. The van der Waals surface area contributed by atoms with Crippen molar-refractivity contribution in [3.05, 3.63) is 52.5 Å². The van der Waals surface area contributed by atoms with Crippen molar-refractivity contribution in [3.63, 3.8) is 0 Å². The van der Waals surface area contributed by atoms with Gasteiger partial charge in [0.2, 0.25) is 0 Å². The largest absolute Gasteiger partial charge is 0.466 e. The number of nitriles is 1. The molecular weight excluding hydrogens is 321 g/mol. The van der Waals surface area contributed by atoms with Gasteiger partial charge in [-0.05, 0) is 45.0 Å². The molecule has 4 nitrogen and oxygen atoms in total. The second-order valence-corrected chi connectivity index (χ2v) is 5.82. The fourth-order valence-corrected chi connectivity index (χ4v) is 2.54. The Morgan fingerprint density at radius 1 is 1.21 bits per heavy atom. The maximum atomic E-state index is 13.1. The molecule has 0 amide bonds. The average molecular weight is 338 g/mol. The third-order valence-corrected chi connectivity index (χ3v) is 3.70. The highest BCUT2D eigenvalue weighted by Gasteiger charge is 2.34. The maximum Gasteiger partial charge on any atom is 0.418 e. The number of anilines is 1. The van der Waals surface area contributed by atoms with Crippen molar-refractivity contribution >= 4 is 5.69 Å². The molecule has 1 atom stereocenters. The van der Waals surface area contributed by atoms with Crippen molar-refractivity contribution < 1.29 is 22.7 Å². The number of hydrogen-bond donors (Lipinski definition) is 2. The molecule has 0 aliphatic carbocycles. The monoisotopic (exact) mass is 338 g/mol. The van der Waals surface area contributed by atoms with E-state index in [-0.39, 0.29) is 17.8 Å². The van der Waals surface area contributed by atoms with Crippen molar-refractivity contribution in [2.45, 2.75) is 32.5 Å². The number of benzene rings is 1. The summed E-state index contributed by atoms with van der Waals surface area (Å²) >= 11 is 0. The fourth-order valence-electron chi connectivity index (χ4n) is 2.54. The van der Waals surface area contributed by atoms with Crippen LogP contribution < -0.4 is 5.32 Å². The molecule has 1 aromatic carbocycles. The van der Waals surface area contributed by atoms with Crippen LogP contribution in [-0.2, 0) is 11.8 Å². The van der Waals surface area contributed by atoms with Gasteiger partial charge in [-0.25, -0.2) is 0 Å². The topological polar surface area (TPSA) is 69.2 Å². The van der Waals surface area contributed by atoms with Crippen LogP contribution in [-0.4, -0.2) is 11.7 Å². The van der Waals surface area contributed by atoms with Gasteiger partial charge in [0.15, 0.2) is 0 Å². The number of nitrogens with zero attached hydrogens (tertiary/aromatic N) is 1. The molecule has 1 aromatic heterocycles. The van der Waals surface area contributed by atoms with Crippen LogP contribution >= 0.6 is 0 Å². The Labute approximate surface area is 137 Å². The van der Waals surface area contributed by atoms with Crippen molar-refractivity contribution in [1.82, 2.24) is 0 Å². The van der Waals surface area contributed by atoms with Crippen LogP contribution in [0.1, 0.15) is 35.1 Å². The standard InChI is InChI=1S/C17H17F3N2O2/c1-10-6-14(11(2)24-10)16(3,23)9-22-15-7-12(8-21)4-5-13(15)17(18,19)20/h4-7,22-23H,9H2,1-3H3. The second kappa shape index (κ2) is 6.21. The number of alkyl halides is 3. The summed E-state index contributed by atoms with van der Waals surface area (Å²) in [4.78, 5) is 0. The lowest BCUT2D eigenvalue weighted by Gasteiger charge is -2.25. The highest BCUT2D eigenvalue weighted by molar-refractivity contribution is 5.57. The SMILES string of the molecule is Cc1cc(C(C)(O)CNc2cc(C#N)ccc2C(F)(F)F)c(C)o1. The third kappa shape index (κ3) is 3.71. The number of halogens is 3. The Bertz CT molecular complexity index is 786. The number of aliphatic hydroxyl groups is 1. The first-order valence-corrected chi connectivity index (χ1v) is 7.19. The molecule has 0 fully saturated rings. The van der Waals surface area contributed by atoms with Gasteiger partial charge in [-0.2, -0.15) is 18.4 Å². The van der Waals surface area contributed by atoms with Crippen molar-refractivity contribution in [2.24, 2.45) is 0 Å². The Hall–Kier alpha value is -2.46. The van der Waals surface area contributed by atoms with Crippen LogP contribution in [0.5, 0.6) is 0 Å². The van der Waals surface area contributed by atoms with Crippen LogP contribution in [0.3, 0.4) is 0 Å². The van der Waals surface area contributed by atoms with Gasteiger partial charge in [0.05, 0.1) is 17.2 Å². The van der Waals surface area contributed by atoms with E-state index < -0.39 is 17.3 Å². The number of rotatable bonds is 4. The van der Waals surface area contributed by atoms with Gasteiger partial charge in [0.25, 0.3) is 0 Å². The van der Waals surface area contributed by atoms with E-state index in [2.05, 4.69) is 5.32 Å². The maximum absolute atomic E-state index is 13.1. The minimum atomic E-state index is -4.57. The molecule has 1 heterocycles. The molecular formula is C17H17F3N2O2. The molecule has 0 saturated carbocycles. The fraction of sp³-hybridized carbons (Fsp3) is 0.353. The minimum Gasteiger partial charge on any atom is -0.466 e. The summed E-state index contributed by atoms with van der Waals surface area (Å²) in [5, 5.41) is 22.1. The molecule has 0 saturated heterocycles. The lowest BCUT2D eigenvalue weighted by Crippen LogP contribution is -2.31. The van der Waals surface area contributed by atoms with Crippen LogP contribution in [0.4, 0.5) is 18.9 Å². The average Bonchev–Trinajstić information content (AvgIpc) is 2.83. The molecule has 2 N–H and O–H groups in total. The second-order valence-electron chi connectivity index (χ2n) is 5.82. The molecule has 7 heteroatoms. The predicted molar refractivity (Wildman–Crippen MR) is 82.4 cm³/mol. The normalized spacial score (nSPS) is 14.1. The highest BCUT2D eigenvalue weighted by Crippen LogP contribution is 2.36. The molecule has 2 aromatic rings. The number of hydrogen-bond acceptors (Lipinski definition) is 4. The van der Waals surface area contributed by atoms with E-state index in [0.29, 0.717) is 17.1 Å². The summed E-state index contributed by atoms with van der Waals surface area (Å²) in [5.74, 6) is 1.10. The molecule has 0 aliphatic heterocycles. The van der Waals surface area contributed by atoms with Gasteiger partial charge < -0.3 is 14.8 Å². The molecule has 0 spiro atoms. The Morgan fingerprint density at radius 2 is 1.88 bits per heavy atom. The van der Waals surface area contributed by atoms with E-state index in [4.69, 9.17) is 9.68 Å². The molecule has 0 bridgehead atoms. The highest BCUT2D eigenvalue weighted by atomic mass is 19.4. The lowest BCUT2D eigenvalue weighted by atomic mass is 9.96. The summed E-state index contributed by atoms with van der Waals surface area (Å²) in [6.45, 7) is 4.70. The van der Waals surface area contributed by atoms with E-state index in [1.165, 1.54) is 6.92 Å². The van der Waals surface area contributed by atoms with Gasteiger partial charge in [-0.15, -0.1) is 0 Å². The number of nitrogens with one attached hydrogen (secondary N) is 1. The number of aryl methyl sites for hydroxylation is 2. The quantitative estimate of drug-likeness (QED) is 0.880. The van der Waals surface area contributed by atoms with Crippen LogP contribution in [0, 0.1) is 25.2 Å². The van der Waals surface area contributed by atoms with Crippen LogP contribution in [0.25, 0.3) is 0 Å². The van der Waals surface area contributed by atoms with E-state index in [1.807, 2.05) is 0 Å². The smallest absolute Gasteiger partial charge is 0.418 e. The first-order valence-electron chi connectivity index (χ1n) is 7.19. The first kappa shape index (κ1) is 17.9. The summed E-state index contributed by atoms with van der Waals surface area (Å²) in [7, 11) is 0. The zero-order valence-corrected chi connectivity index (χ0v) is 13.5. The molecule has 24 heavy (non-hydrogen) atoms. The van der Waals surface area contributed by atoms with Crippen LogP contribution in [0.2, 0.25) is 0 Å². The molecule has 1 unspecified atom stereocenters. The summed E-state index contributed by atoms with van der Waals surface area (Å²) in [6.07, 6.45) is -4.57. The zero-order chi connectivity index (χ0) is 18.1. The zero-order valence-electron chi connectivity index (χ0n) is 13.5. The molecule has 0 radical (unpaired) electrons. The van der Waals surface area contributed by atoms with Crippen LogP contribution in [0.15, 0.2) is 28.7 Å². The summed E-state index contributed by atoms with van der Waals surface area (Å²) < 4.78 is 44.6. The van der Waals surface area contributed by atoms with Gasteiger partial charge in [-0.1, -0.05) is 0 Å². The van der Waals surface area contributed by atoms with E-state index in [0.717, 1.165) is 18.2 Å². The predicted octanol–water partition coefficient (Wildman–Crippen LogP) is 4.11. The Kier molecular flexibility index (Phi) is 4.63. The van der Waals surface area contributed by atoms with E-state index in [9.17, 15) is 18.3 Å². The molecule has 128 valence electrons. The third-order valence-electron chi connectivity index (χ3n) is 3.70. The van der Waals surface area contributed by atoms with Crippen molar-refractivity contribution in [1.29, 1.82) is 5.26 Å². The summed E-state index contributed by atoms with van der Waals surface area (Å²) in [5.41, 5.74) is -1.98. The minimum absolute atomic E-state index is 0.0977. The van der Waals surface area contributed by atoms with Gasteiger partial charge >= 0.3 is 6.18 Å². The van der Waals surface area contributed by atoms with E-state index >= 15 is 0 Å². The van der Waals surface area contributed by atoms with Crippen molar-refractivity contribution in [3.8, 4) is 6.07 Å². The first-order chi connectivity index (χ1) is 11.0. The molecule has 0 aliphatic rings.